The molecule has 0 radical (unpaired) electrons. The molecule has 1 aromatic rings. The molecule has 14 heavy (non-hydrogen) atoms. The largest absolute Gasteiger partial charge is 0.476 e. The van der Waals surface area contributed by atoms with Gasteiger partial charge in [-0.1, -0.05) is 32.0 Å². The molecule has 0 saturated carbocycles. The monoisotopic (exact) mass is 210 g/mol. The maximum atomic E-state index is 5.69. The van der Waals surface area contributed by atoms with Crippen LogP contribution in [-0.2, 0) is 6.42 Å². The molecule has 0 saturated heterocycles. The van der Waals surface area contributed by atoms with Crippen LogP contribution < -0.4 is 4.74 Å². The molecule has 1 aliphatic rings. The average Bonchev–Trinajstić information content (AvgIpc) is 2.45. The predicted molar refractivity (Wildman–Crippen MR) is 64.3 cm³/mol. The zero-order chi connectivity index (χ0) is 10.8. The van der Waals surface area contributed by atoms with Crippen LogP contribution in [0.25, 0.3) is 0 Å². The highest BCUT2D eigenvalue weighted by Crippen LogP contribution is 2.38. The molecular formula is C12H18OS. The van der Waals surface area contributed by atoms with Crippen molar-refractivity contribution in [1.82, 2.24) is 0 Å². The van der Waals surface area contributed by atoms with E-state index in [0.29, 0.717) is 0 Å². The highest BCUT2D eigenvalue weighted by atomic mass is 32.1. The number of benzene rings is 1. The van der Waals surface area contributed by atoms with E-state index in [1.54, 1.807) is 0 Å². The van der Waals surface area contributed by atoms with Crippen LogP contribution in [0.15, 0.2) is 18.2 Å². The summed E-state index contributed by atoms with van der Waals surface area (Å²) in [5.41, 5.74) is 2.47. The van der Waals surface area contributed by atoms with Crippen molar-refractivity contribution in [3.8, 4) is 5.75 Å². The van der Waals surface area contributed by atoms with Crippen molar-refractivity contribution in [2.45, 2.75) is 39.0 Å². The summed E-state index contributed by atoms with van der Waals surface area (Å²) in [6.07, 6.45) is 0.896. The number of hydrogen-bond acceptors (Lipinski definition) is 2. The molecule has 1 aromatic carbocycles. The predicted octanol–water partition coefficient (Wildman–Crippen LogP) is 3.60. The molecule has 1 nitrogen and oxygen atoms in total. The standard InChI is InChI=1S/C10H12OS.C2H6/c1-7-4-3-5-8-6-10(2,12)11-9(7)8;1-2/h3-5,12H,6H2,1-2H3;1-2H3. The van der Waals surface area contributed by atoms with Crippen LogP contribution in [0.1, 0.15) is 31.9 Å². The van der Waals surface area contributed by atoms with E-state index in [0.717, 1.165) is 12.2 Å². The Morgan fingerprint density at radius 1 is 1.36 bits per heavy atom. The summed E-state index contributed by atoms with van der Waals surface area (Å²) in [5.74, 6) is 1.02. The molecule has 0 bridgehead atoms. The van der Waals surface area contributed by atoms with E-state index in [4.69, 9.17) is 4.74 Å². The first-order valence-corrected chi connectivity index (χ1v) is 5.53. The fraction of sp³-hybridized carbons (Fsp3) is 0.500. The number of fused-ring (bicyclic) bond motifs is 1. The third-order valence-corrected chi connectivity index (χ3v) is 2.38. The lowest BCUT2D eigenvalue weighted by Gasteiger charge is -2.16. The van der Waals surface area contributed by atoms with E-state index in [-0.39, 0.29) is 4.93 Å². The van der Waals surface area contributed by atoms with Gasteiger partial charge in [-0.2, -0.15) is 0 Å². The first kappa shape index (κ1) is 11.4. The molecule has 0 aromatic heterocycles. The van der Waals surface area contributed by atoms with Crippen molar-refractivity contribution in [1.29, 1.82) is 0 Å². The van der Waals surface area contributed by atoms with E-state index in [1.165, 1.54) is 11.1 Å². The van der Waals surface area contributed by atoms with Crippen LogP contribution in [0, 0.1) is 6.92 Å². The van der Waals surface area contributed by atoms with Gasteiger partial charge < -0.3 is 4.74 Å². The summed E-state index contributed by atoms with van der Waals surface area (Å²) < 4.78 is 5.69. The van der Waals surface area contributed by atoms with E-state index >= 15 is 0 Å². The Labute approximate surface area is 91.9 Å². The highest BCUT2D eigenvalue weighted by Gasteiger charge is 2.31. The van der Waals surface area contributed by atoms with Crippen LogP contribution >= 0.6 is 12.6 Å². The van der Waals surface area contributed by atoms with Crippen molar-refractivity contribution >= 4 is 12.6 Å². The van der Waals surface area contributed by atoms with Crippen LogP contribution in [0.3, 0.4) is 0 Å². The summed E-state index contributed by atoms with van der Waals surface area (Å²) in [4.78, 5) is -0.311. The van der Waals surface area contributed by atoms with Gasteiger partial charge in [0.05, 0.1) is 0 Å². The second kappa shape index (κ2) is 4.26. The quantitative estimate of drug-likeness (QED) is 0.644. The Hall–Kier alpha value is -0.630. The number of ether oxygens (including phenoxy) is 1. The first-order chi connectivity index (χ1) is 6.58. The topological polar surface area (TPSA) is 9.23 Å². The molecular weight excluding hydrogens is 192 g/mol. The molecule has 0 spiro atoms. The van der Waals surface area contributed by atoms with Crippen LogP contribution in [0.5, 0.6) is 5.75 Å². The second-order valence-corrected chi connectivity index (χ2v) is 4.46. The number of para-hydroxylation sites is 1. The Morgan fingerprint density at radius 3 is 2.57 bits per heavy atom. The lowest BCUT2D eigenvalue weighted by atomic mass is 10.1. The van der Waals surface area contributed by atoms with Crippen LogP contribution in [0.2, 0.25) is 0 Å². The zero-order valence-corrected chi connectivity index (χ0v) is 10.2. The SMILES string of the molecule is CC.Cc1cccc2c1OC(C)(S)C2. The Morgan fingerprint density at radius 2 is 2.00 bits per heavy atom. The number of thiol groups is 1. The van der Waals surface area contributed by atoms with Gasteiger partial charge in [-0.15, -0.1) is 12.6 Å². The van der Waals surface area contributed by atoms with Gasteiger partial charge in [-0.3, -0.25) is 0 Å². The molecule has 1 unspecified atom stereocenters. The maximum Gasteiger partial charge on any atom is 0.153 e. The van der Waals surface area contributed by atoms with Gasteiger partial charge in [0.25, 0.3) is 0 Å². The molecule has 1 atom stereocenters. The van der Waals surface area contributed by atoms with Gasteiger partial charge in [0.2, 0.25) is 0 Å². The third kappa shape index (κ3) is 2.24. The van der Waals surface area contributed by atoms with E-state index < -0.39 is 0 Å². The molecule has 78 valence electrons. The van der Waals surface area contributed by atoms with Crippen LogP contribution in [-0.4, -0.2) is 4.93 Å². The van der Waals surface area contributed by atoms with E-state index in [9.17, 15) is 0 Å². The number of aryl methyl sites for hydroxylation is 1. The van der Waals surface area contributed by atoms with E-state index in [2.05, 4.69) is 37.8 Å². The summed E-state index contributed by atoms with van der Waals surface area (Å²) in [7, 11) is 0. The Balaban J connectivity index is 0.000000461. The van der Waals surface area contributed by atoms with Crippen molar-refractivity contribution in [3.63, 3.8) is 0 Å². The fourth-order valence-corrected chi connectivity index (χ4v) is 1.87. The molecule has 0 N–H and O–H groups in total. The van der Waals surface area contributed by atoms with Crippen LogP contribution in [0.4, 0.5) is 0 Å². The van der Waals surface area contributed by atoms with Crippen molar-refractivity contribution in [2.75, 3.05) is 0 Å². The molecule has 0 aliphatic carbocycles. The molecule has 2 rings (SSSR count). The normalized spacial score (nSPS) is 23.2. The summed E-state index contributed by atoms with van der Waals surface area (Å²) in [6.45, 7) is 8.06. The summed E-state index contributed by atoms with van der Waals surface area (Å²) in [5, 5.41) is 0. The van der Waals surface area contributed by atoms with Crippen molar-refractivity contribution < 1.29 is 4.74 Å². The summed E-state index contributed by atoms with van der Waals surface area (Å²) in [6, 6.07) is 6.23. The minimum atomic E-state index is -0.311. The molecule has 1 heterocycles. The average molecular weight is 210 g/mol. The lowest BCUT2D eigenvalue weighted by molar-refractivity contribution is 0.219. The smallest absolute Gasteiger partial charge is 0.153 e. The zero-order valence-electron chi connectivity index (χ0n) is 9.29. The van der Waals surface area contributed by atoms with Gasteiger partial charge >= 0.3 is 0 Å². The summed E-state index contributed by atoms with van der Waals surface area (Å²) >= 11 is 4.42. The minimum Gasteiger partial charge on any atom is -0.476 e. The fourth-order valence-electron chi connectivity index (χ4n) is 1.61. The van der Waals surface area contributed by atoms with E-state index in [1.807, 2.05) is 20.8 Å². The Kier molecular flexibility index (Phi) is 3.48. The van der Waals surface area contributed by atoms with Gasteiger partial charge in [-0.25, -0.2) is 0 Å². The highest BCUT2D eigenvalue weighted by molar-refractivity contribution is 7.81. The lowest BCUT2D eigenvalue weighted by Crippen LogP contribution is -2.21. The third-order valence-electron chi connectivity index (χ3n) is 2.13. The van der Waals surface area contributed by atoms with Gasteiger partial charge in [0, 0.05) is 6.42 Å². The van der Waals surface area contributed by atoms with Gasteiger partial charge in [0.1, 0.15) is 5.75 Å². The molecule has 2 heteroatoms. The second-order valence-electron chi connectivity index (χ2n) is 3.52. The van der Waals surface area contributed by atoms with Crippen molar-refractivity contribution in [2.24, 2.45) is 0 Å². The van der Waals surface area contributed by atoms with Gasteiger partial charge in [0.15, 0.2) is 4.93 Å². The molecule has 0 fully saturated rings. The first-order valence-electron chi connectivity index (χ1n) is 5.08. The molecule has 1 aliphatic heterocycles. The Bertz CT molecular complexity index is 318. The maximum absolute atomic E-state index is 5.69. The number of rotatable bonds is 0. The molecule has 0 amide bonds. The van der Waals surface area contributed by atoms with Gasteiger partial charge in [-0.05, 0) is 25.0 Å². The number of hydrogen-bond donors (Lipinski definition) is 1. The van der Waals surface area contributed by atoms with Crippen molar-refractivity contribution in [3.05, 3.63) is 29.3 Å². The minimum absolute atomic E-state index is 0.311.